The van der Waals surface area contributed by atoms with Crippen LogP contribution in [0.25, 0.3) is 0 Å². The molecule has 1 aromatic rings. The van der Waals surface area contributed by atoms with E-state index in [-0.39, 0.29) is 23.7 Å². The van der Waals surface area contributed by atoms with Gasteiger partial charge in [0.25, 0.3) is 0 Å². The van der Waals surface area contributed by atoms with Gasteiger partial charge in [-0.25, -0.2) is 0 Å². The van der Waals surface area contributed by atoms with E-state index >= 15 is 0 Å². The minimum absolute atomic E-state index is 0. The van der Waals surface area contributed by atoms with E-state index in [1.165, 1.54) is 18.4 Å². The van der Waals surface area contributed by atoms with Gasteiger partial charge in [-0.1, -0.05) is 40.9 Å². The largest absolute Gasteiger partial charge is 0.354 e. The molecule has 0 radical (unpaired) electrons. The fourth-order valence-corrected chi connectivity index (χ4v) is 3.33. The maximum Gasteiger partial charge on any atom is 0.233 e. The molecule has 0 aliphatic heterocycles. The van der Waals surface area contributed by atoms with E-state index in [9.17, 15) is 4.79 Å². The third kappa shape index (κ3) is 4.21. The predicted molar refractivity (Wildman–Crippen MR) is 88.5 cm³/mol. The van der Waals surface area contributed by atoms with E-state index in [0.717, 1.165) is 23.9 Å². The fraction of sp³-hybridized carbons (Fsp3) is 0.533. The molecule has 1 fully saturated rings. The second kappa shape index (κ2) is 8.01. The Morgan fingerprint density at radius 3 is 2.65 bits per heavy atom. The Morgan fingerprint density at radius 2 is 2.05 bits per heavy atom. The summed E-state index contributed by atoms with van der Waals surface area (Å²) < 4.78 is 1.11. The van der Waals surface area contributed by atoms with Gasteiger partial charge in [0.2, 0.25) is 5.91 Å². The van der Waals surface area contributed by atoms with Crippen molar-refractivity contribution in [1.29, 1.82) is 0 Å². The summed E-state index contributed by atoms with van der Waals surface area (Å²) in [6, 6.07) is 8.50. The van der Waals surface area contributed by atoms with E-state index in [1.54, 1.807) is 7.05 Å². The Hall–Kier alpha value is -0.580. The van der Waals surface area contributed by atoms with Crippen molar-refractivity contribution in [3.05, 3.63) is 34.3 Å². The maximum atomic E-state index is 11.7. The molecular weight excluding hydrogens is 340 g/mol. The lowest BCUT2D eigenvalue weighted by Crippen LogP contribution is -2.41. The average molecular weight is 362 g/mol. The highest BCUT2D eigenvalue weighted by atomic mass is 79.9. The van der Waals surface area contributed by atoms with Gasteiger partial charge in [0, 0.05) is 16.4 Å². The molecule has 0 unspecified atom stereocenters. The zero-order valence-corrected chi connectivity index (χ0v) is 14.1. The van der Waals surface area contributed by atoms with Crippen molar-refractivity contribution in [1.82, 2.24) is 10.6 Å². The second-order valence-electron chi connectivity index (χ2n) is 5.30. The summed E-state index contributed by atoms with van der Waals surface area (Å²) in [7, 11) is 1.79. The fourth-order valence-electron chi connectivity index (χ4n) is 2.93. The highest BCUT2D eigenvalue weighted by molar-refractivity contribution is 9.10. The Bertz CT molecular complexity index is 447. The number of amides is 1. The SMILES string of the molecule is CNCC(=O)NCC1(c2cccc(Br)c2)CCCC1.Cl. The molecule has 0 spiro atoms. The van der Waals surface area contributed by atoms with Gasteiger partial charge < -0.3 is 10.6 Å². The van der Waals surface area contributed by atoms with Crippen molar-refractivity contribution in [2.45, 2.75) is 31.1 Å². The first kappa shape index (κ1) is 17.5. The van der Waals surface area contributed by atoms with Gasteiger partial charge in [-0.15, -0.1) is 12.4 Å². The summed E-state index contributed by atoms with van der Waals surface area (Å²) in [5.74, 6) is 0.0729. The molecule has 0 saturated heterocycles. The number of carbonyl (C=O) groups excluding carboxylic acids is 1. The monoisotopic (exact) mass is 360 g/mol. The number of hydrogen-bond acceptors (Lipinski definition) is 2. The summed E-state index contributed by atoms with van der Waals surface area (Å²) in [6.07, 6.45) is 4.80. The Labute approximate surface area is 135 Å². The van der Waals surface area contributed by atoms with Gasteiger partial charge >= 0.3 is 0 Å². The number of benzene rings is 1. The quantitative estimate of drug-likeness (QED) is 0.846. The summed E-state index contributed by atoms with van der Waals surface area (Å²) in [5, 5.41) is 5.95. The molecule has 0 aromatic heterocycles. The van der Waals surface area contributed by atoms with Crippen molar-refractivity contribution >= 4 is 34.2 Å². The minimum atomic E-state index is 0. The maximum absolute atomic E-state index is 11.7. The third-order valence-electron chi connectivity index (χ3n) is 3.96. The van der Waals surface area contributed by atoms with Gasteiger partial charge in [0.15, 0.2) is 0 Å². The van der Waals surface area contributed by atoms with Crippen LogP contribution in [-0.4, -0.2) is 26.0 Å². The highest BCUT2D eigenvalue weighted by Gasteiger charge is 2.35. The molecule has 2 N–H and O–H groups in total. The molecule has 1 aromatic carbocycles. The molecule has 2 rings (SSSR count). The first-order valence-corrected chi connectivity index (χ1v) is 7.63. The molecule has 1 saturated carbocycles. The molecule has 0 atom stereocenters. The van der Waals surface area contributed by atoms with Crippen LogP contribution in [0.2, 0.25) is 0 Å². The number of rotatable bonds is 5. The number of hydrogen-bond donors (Lipinski definition) is 2. The molecule has 0 heterocycles. The number of halogens is 2. The minimum Gasteiger partial charge on any atom is -0.354 e. The lowest BCUT2D eigenvalue weighted by atomic mass is 9.79. The van der Waals surface area contributed by atoms with Crippen molar-refractivity contribution in [2.24, 2.45) is 0 Å². The van der Waals surface area contributed by atoms with E-state index in [2.05, 4.69) is 44.8 Å². The van der Waals surface area contributed by atoms with Gasteiger partial charge in [0.1, 0.15) is 0 Å². The predicted octanol–water partition coefficient (Wildman–Crippen LogP) is 3.02. The summed E-state index contributed by atoms with van der Waals surface area (Å²) in [5.41, 5.74) is 1.46. The molecule has 3 nitrogen and oxygen atoms in total. The van der Waals surface area contributed by atoms with Crippen LogP contribution in [0.15, 0.2) is 28.7 Å². The molecule has 20 heavy (non-hydrogen) atoms. The molecular formula is C15H22BrClN2O. The zero-order chi connectivity index (χ0) is 13.7. The normalized spacial score (nSPS) is 16.5. The number of likely N-dealkylation sites (N-methyl/N-ethyl adjacent to an activating group) is 1. The van der Waals surface area contributed by atoms with E-state index in [1.807, 2.05) is 6.07 Å². The second-order valence-corrected chi connectivity index (χ2v) is 6.22. The van der Waals surface area contributed by atoms with Crippen LogP contribution >= 0.6 is 28.3 Å². The van der Waals surface area contributed by atoms with Crippen LogP contribution in [-0.2, 0) is 10.2 Å². The Balaban J connectivity index is 0.00000200. The Morgan fingerprint density at radius 1 is 1.35 bits per heavy atom. The van der Waals surface area contributed by atoms with Crippen molar-refractivity contribution in [2.75, 3.05) is 20.1 Å². The summed E-state index contributed by atoms with van der Waals surface area (Å²) >= 11 is 3.54. The lowest BCUT2D eigenvalue weighted by molar-refractivity contribution is -0.120. The molecule has 112 valence electrons. The van der Waals surface area contributed by atoms with E-state index < -0.39 is 0 Å². The number of nitrogens with one attached hydrogen (secondary N) is 2. The third-order valence-corrected chi connectivity index (χ3v) is 4.45. The standard InChI is InChI=1S/C15H21BrN2O.ClH/c1-17-10-14(19)18-11-15(7-2-3-8-15)12-5-4-6-13(16)9-12;/h4-6,9,17H,2-3,7-8,10-11H2,1H3,(H,18,19);1H. The van der Waals surface area contributed by atoms with Crippen LogP contribution in [0, 0.1) is 0 Å². The molecule has 0 bridgehead atoms. The van der Waals surface area contributed by atoms with Crippen molar-refractivity contribution < 1.29 is 4.79 Å². The van der Waals surface area contributed by atoms with E-state index in [0.29, 0.717) is 6.54 Å². The zero-order valence-electron chi connectivity index (χ0n) is 11.7. The first-order valence-electron chi connectivity index (χ1n) is 6.84. The van der Waals surface area contributed by atoms with Gasteiger partial charge in [-0.3, -0.25) is 4.79 Å². The van der Waals surface area contributed by atoms with Gasteiger partial charge in [-0.05, 0) is 37.6 Å². The van der Waals surface area contributed by atoms with Crippen LogP contribution in [0.5, 0.6) is 0 Å². The van der Waals surface area contributed by atoms with Crippen molar-refractivity contribution in [3.63, 3.8) is 0 Å². The summed E-state index contributed by atoms with van der Waals surface area (Å²) in [4.78, 5) is 11.7. The smallest absolute Gasteiger partial charge is 0.233 e. The van der Waals surface area contributed by atoms with Crippen LogP contribution < -0.4 is 10.6 Å². The van der Waals surface area contributed by atoms with Crippen LogP contribution in [0.1, 0.15) is 31.2 Å². The lowest BCUT2D eigenvalue weighted by Gasteiger charge is -2.30. The van der Waals surface area contributed by atoms with Gasteiger partial charge in [-0.2, -0.15) is 0 Å². The van der Waals surface area contributed by atoms with Crippen LogP contribution in [0.4, 0.5) is 0 Å². The van der Waals surface area contributed by atoms with Crippen molar-refractivity contribution in [3.8, 4) is 0 Å². The Kier molecular flexibility index (Phi) is 7.00. The molecule has 1 aliphatic rings. The number of carbonyl (C=O) groups is 1. The molecule has 5 heteroatoms. The molecule has 1 amide bonds. The van der Waals surface area contributed by atoms with E-state index in [4.69, 9.17) is 0 Å². The average Bonchev–Trinajstić information content (AvgIpc) is 2.87. The first-order chi connectivity index (χ1) is 9.16. The highest BCUT2D eigenvalue weighted by Crippen LogP contribution is 2.41. The summed E-state index contributed by atoms with van der Waals surface area (Å²) in [6.45, 7) is 1.12. The van der Waals surface area contributed by atoms with Crippen LogP contribution in [0.3, 0.4) is 0 Å². The topological polar surface area (TPSA) is 41.1 Å². The van der Waals surface area contributed by atoms with Gasteiger partial charge in [0.05, 0.1) is 6.54 Å². The molecule has 1 aliphatic carbocycles.